The molecular formula is C15H19BrN2O. The highest BCUT2D eigenvalue weighted by Crippen LogP contribution is 2.26. The fraction of sp³-hybridized carbons (Fsp3) is 0.400. The maximum atomic E-state index is 10.4. The summed E-state index contributed by atoms with van der Waals surface area (Å²) in [5.41, 5.74) is 4.13. The molecular weight excluding hydrogens is 304 g/mol. The van der Waals surface area contributed by atoms with Crippen molar-refractivity contribution in [3.05, 3.63) is 51.3 Å². The highest BCUT2D eigenvalue weighted by atomic mass is 79.9. The molecule has 1 atom stereocenters. The molecule has 0 aliphatic rings. The number of halogens is 1. The van der Waals surface area contributed by atoms with E-state index in [9.17, 15) is 5.11 Å². The van der Waals surface area contributed by atoms with Gasteiger partial charge in [0.1, 0.15) is 0 Å². The molecule has 1 unspecified atom stereocenters. The van der Waals surface area contributed by atoms with Gasteiger partial charge in [-0.25, -0.2) is 0 Å². The van der Waals surface area contributed by atoms with Gasteiger partial charge in [0.2, 0.25) is 0 Å². The molecule has 1 aromatic carbocycles. The number of hydrogen-bond acceptors (Lipinski definition) is 2. The third kappa shape index (κ3) is 3.07. The van der Waals surface area contributed by atoms with Crippen LogP contribution in [0.1, 0.15) is 35.5 Å². The molecule has 3 nitrogen and oxygen atoms in total. The summed E-state index contributed by atoms with van der Waals surface area (Å²) in [7, 11) is 0. The fourth-order valence-electron chi connectivity index (χ4n) is 2.24. The quantitative estimate of drug-likeness (QED) is 0.934. The molecule has 2 rings (SSSR count). The van der Waals surface area contributed by atoms with E-state index in [2.05, 4.69) is 28.0 Å². The molecule has 0 radical (unpaired) electrons. The highest BCUT2D eigenvalue weighted by molar-refractivity contribution is 9.10. The topological polar surface area (TPSA) is 38.0 Å². The fourth-order valence-corrected chi connectivity index (χ4v) is 2.69. The second kappa shape index (κ2) is 5.88. The molecule has 0 saturated carbocycles. The lowest BCUT2D eigenvalue weighted by molar-refractivity contribution is 0.175. The molecule has 0 spiro atoms. The van der Waals surface area contributed by atoms with Crippen molar-refractivity contribution in [1.29, 1.82) is 0 Å². The van der Waals surface area contributed by atoms with Gasteiger partial charge in [-0.2, -0.15) is 5.10 Å². The van der Waals surface area contributed by atoms with E-state index in [0.29, 0.717) is 6.42 Å². The normalized spacial score (nSPS) is 12.7. The monoisotopic (exact) mass is 322 g/mol. The molecule has 0 aliphatic carbocycles. The van der Waals surface area contributed by atoms with E-state index >= 15 is 0 Å². The van der Waals surface area contributed by atoms with Crippen LogP contribution in [0.5, 0.6) is 0 Å². The summed E-state index contributed by atoms with van der Waals surface area (Å²) < 4.78 is 2.94. The van der Waals surface area contributed by atoms with E-state index in [4.69, 9.17) is 0 Å². The van der Waals surface area contributed by atoms with E-state index in [0.717, 1.165) is 33.5 Å². The van der Waals surface area contributed by atoms with Crippen molar-refractivity contribution >= 4 is 15.9 Å². The van der Waals surface area contributed by atoms with Crippen LogP contribution < -0.4 is 0 Å². The summed E-state index contributed by atoms with van der Waals surface area (Å²) in [6.45, 7) is 6.87. The number of aryl methyl sites for hydroxylation is 3. The Kier molecular flexibility index (Phi) is 4.42. The second-order valence-electron chi connectivity index (χ2n) is 4.80. The number of aromatic nitrogens is 2. The minimum Gasteiger partial charge on any atom is -0.388 e. The summed E-state index contributed by atoms with van der Waals surface area (Å²) >= 11 is 3.56. The van der Waals surface area contributed by atoms with Gasteiger partial charge in [-0.15, -0.1) is 0 Å². The van der Waals surface area contributed by atoms with Crippen molar-refractivity contribution in [2.45, 2.75) is 39.8 Å². The lowest BCUT2D eigenvalue weighted by atomic mass is 10.0. The largest absolute Gasteiger partial charge is 0.388 e. The first-order valence-corrected chi connectivity index (χ1v) is 7.28. The van der Waals surface area contributed by atoms with E-state index in [1.165, 1.54) is 0 Å². The van der Waals surface area contributed by atoms with E-state index in [-0.39, 0.29) is 0 Å². The summed E-state index contributed by atoms with van der Waals surface area (Å²) in [4.78, 5) is 0. The van der Waals surface area contributed by atoms with Crippen LogP contribution >= 0.6 is 15.9 Å². The third-order valence-corrected chi connectivity index (χ3v) is 4.30. The van der Waals surface area contributed by atoms with Crippen molar-refractivity contribution in [3.8, 4) is 0 Å². The third-order valence-electron chi connectivity index (χ3n) is 3.27. The zero-order chi connectivity index (χ0) is 14.0. The highest BCUT2D eigenvalue weighted by Gasteiger charge is 2.17. The smallest absolute Gasteiger partial charge is 0.0845 e. The van der Waals surface area contributed by atoms with E-state index in [1.807, 2.05) is 42.8 Å². The molecule has 0 aliphatic heterocycles. The van der Waals surface area contributed by atoms with Crippen LogP contribution in [0.15, 0.2) is 28.7 Å². The Hall–Kier alpha value is -1.13. The van der Waals surface area contributed by atoms with Crippen molar-refractivity contribution < 1.29 is 5.11 Å². The van der Waals surface area contributed by atoms with E-state index < -0.39 is 6.10 Å². The number of aliphatic hydroxyl groups excluding tert-OH is 1. The van der Waals surface area contributed by atoms with Gasteiger partial charge in [-0.05, 0) is 42.3 Å². The zero-order valence-corrected chi connectivity index (χ0v) is 13.1. The predicted molar refractivity (Wildman–Crippen MR) is 80.2 cm³/mol. The standard InChI is InChI=1S/C15H19BrN2O/c1-4-18-13(15(16)11(3)17-18)9-14(19)12-7-5-6-10(2)8-12/h5-8,14,19H,4,9H2,1-3H3. The number of nitrogens with zero attached hydrogens (tertiary/aromatic N) is 2. The Morgan fingerprint density at radius 3 is 2.74 bits per heavy atom. The summed E-state index contributed by atoms with van der Waals surface area (Å²) in [5, 5.41) is 14.8. The van der Waals surface area contributed by atoms with Crippen molar-refractivity contribution in [3.63, 3.8) is 0 Å². The first-order chi connectivity index (χ1) is 9.02. The Balaban J connectivity index is 2.26. The maximum absolute atomic E-state index is 10.4. The number of benzene rings is 1. The van der Waals surface area contributed by atoms with Crippen LogP contribution in [0.3, 0.4) is 0 Å². The molecule has 0 saturated heterocycles. The second-order valence-corrected chi connectivity index (χ2v) is 5.59. The van der Waals surface area contributed by atoms with Crippen LogP contribution in [-0.2, 0) is 13.0 Å². The van der Waals surface area contributed by atoms with Gasteiger partial charge in [-0.3, -0.25) is 4.68 Å². The molecule has 1 N–H and O–H groups in total. The summed E-state index contributed by atoms with van der Waals surface area (Å²) in [6.07, 6.45) is 0.0659. The molecule has 0 bridgehead atoms. The van der Waals surface area contributed by atoms with Crippen LogP contribution in [0.2, 0.25) is 0 Å². The SMILES string of the molecule is CCn1nc(C)c(Br)c1CC(O)c1cccc(C)c1. The Morgan fingerprint density at radius 1 is 1.37 bits per heavy atom. The Morgan fingerprint density at radius 2 is 2.11 bits per heavy atom. The number of rotatable bonds is 4. The van der Waals surface area contributed by atoms with Gasteiger partial charge in [0.05, 0.1) is 22.0 Å². The zero-order valence-electron chi connectivity index (χ0n) is 11.5. The minimum atomic E-state index is -0.502. The lowest BCUT2D eigenvalue weighted by Crippen LogP contribution is -2.09. The average molecular weight is 323 g/mol. The van der Waals surface area contributed by atoms with Crippen LogP contribution in [0.4, 0.5) is 0 Å². The average Bonchev–Trinajstić information content (AvgIpc) is 2.66. The molecule has 102 valence electrons. The molecule has 1 aromatic heterocycles. The molecule has 0 fully saturated rings. The van der Waals surface area contributed by atoms with Gasteiger partial charge in [0.15, 0.2) is 0 Å². The molecule has 0 amide bonds. The first-order valence-electron chi connectivity index (χ1n) is 6.49. The molecule has 4 heteroatoms. The van der Waals surface area contributed by atoms with Gasteiger partial charge >= 0.3 is 0 Å². The van der Waals surface area contributed by atoms with Gasteiger partial charge in [-0.1, -0.05) is 29.8 Å². The van der Waals surface area contributed by atoms with Crippen LogP contribution in [-0.4, -0.2) is 14.9 Å². The van der Waals surface area contributed by atoms with Crippen molar-refractivity contribution in [2.24, 2.45) is 0 Å². The predicted octanol–water partition coefficient (Wildman–Crippen LogP) is 3.56. The number of aliphatic hydroxyl groups is 1. The summed E-state index contributed by atoms with van der Waals surface area (Å²) in [6, 6.07) is 8.00. The molecule has 19 heavy (non-hydrogen) atoms. The van der Waals surface area contributed by atoms with Gasteiger partial charge < -0.3 is 5.11 Å². The molecule has 2 aromatic rings. The first kappa shape index (κ1) is 14.3. The van der Waals surface area contributed by atoms with Crippen LogP contribution in [0, 0.1) is 13.8 Å². The van der Waals surface area contributed by atoms with E-state index in [1.54, 1.807) is 0 Å². The number of hydrogen-bond donors (Lipinski definition) is 1. The van der Waals surface area contributed by atoms with Crippen LogP contribution in [0.25, 0.3) is 0 Å². The molecule has 1 heterocycles. The van der Waals surface area contributed by atoms with Gasteiger partial charge in [0, 0.05) is 13.0 Å². The summed E-state index contributed by atoms with van der Waals surface area (Å²) in [5.74, 6) is 0. The lowest BCUT2D eigenvalue weighted by Gasteiger charge is -2.13. The Bertz CT molecular complexity index is 578. The van der Waals surface area contributed by atoms with Gasteiger partial charge in [0.25, 0.3) is 0 Å². The Labute approximate surface area is 122 Å². The maximum Gasteiger partial charge on any atom is 0.0845 e. The van der Waals surface area contributed by atoms with Crippen molar-refractivity contribution in [2.75, 3.05) is 0 Å². The van der Waals surface area contributed by atoms with Crippen molar-refractivity contribution in [1.82, 2.24) is 9.78 Å². The minimum absolute atomic E-state index is 0.502.